The number of nitrogens with zero attached hydrogens (tertiary/aromatic N) is 1. The number of hydrogen-bond donors (Lipinski definition) is 3. The number of ether oxygens (including phenoxy) is 1. The first-order chi connectivity index (χ1) is 12.9. The number of benzene rings is 2. The number of carbonyl (C=O) groups excluding carboxylic acids is 3. The van der Waals surface area contributed by atoms with Gasteiger partial charge in [-0.1, -0.05) is 35.9 Å². The lowest BCUT2D eigenvalue weighted by Crippen LogP contribution is -2.37. The highest BCUT2D eigenvalue weighted by Gasteiger charge is 2.11. The van der Waals surface area contributed by atoms with E-state index in [0.29, 0.717) is 16.3 Å². The standard InChI is InChI=1S/C18H17ClN4O4/c19-14-6-4-12(5-7-14)9-21-17(25)18(26)23-22-10-13-2-1-3-15(8-13)27-11-16(20)24/h1-8,10H,9,11H2,(H2,20,24)(H,21,25)(H,23,26)/b22-10-. The molecule has 27 heavy (non-hydrogen) atoms. The Labute approximate surface area is 160 Å². The zero-order valence-corrected chi connectivity index (χ0v) is 14.9. The minimum Gasteiger partial charge on any atom is -0.484 e. The minimum absolute atomic E-state index is 0.187. The highest BCUT2D eigenvalue weighted by Crippen LogP contribution is 2.11. The lowest BCUT2D eigenvalue weighted by Gasteiger charge is -2.05. The van der Waals surface area contributed by atoms with Crippen molar-refractivity contribution in [1.82, 2.24) is 10.7 Å². The molecule has 140 valence electrons. The third-order valence-corrected chi connectivity index (χ3v) is 3.44. The summed E-state index contributed by atoms with van der Waals surface area (Å²) in [7, 11) is 0. The molecular weight excluding hydrogens is 372 g/mol. The van der Waals surface area contributed by atoms with Crippen LogP contribution in [0.4, 0.5) is 0 Å². The minimum atomic E-state index is -0.902. The fraction of sp³-hybridized carbons (Fsp3) is 0.111. The largest absolute Gasteiger partial charge is 0.484 e. The van der Waals surface area contributed by atoms with Crippen LogP contribution >= 0.6 is 11.6 Å². The van der Waals surface area contributed by atoms with Crippen LogP contribution in [-0.4, -0.2) is 30.5 Å². The van der Waals surface area contributed by atoms with Crippen molar-refractivity contribution >= 4 is 35.5 Å². The molecule has 0 aliphatic heterocycles. The van der Waals surface area contributed by atoms with Crippen molar-refractivity contribution in [3.05, 3.63) is 64.7 Å². The number of nitrogens with two attached hydrogens (primary N) is 1. The van der Waals surface area contributed by atoms with Gasteiger partial charge in [0.2, 0.25) is 0 Å². The van der Waals surface area contributed by atoms with Gasteiger partial charge in [-0.15, -0.1) is 0 Å². The van der Waals surface area contributed by atoms with E-state index in [-0.39, 0.29) is 13.2 Å². The van der Waals surface area contributed by atoms with Gasteiger partial charge in [0, 0.05) is 11.6 Å². The molecular formula is C18H17ClN4O4. The molecule has 0 heterocycles. The van der Waals surface area contributed by atoms with Gasteiger partial charge >= 0.3 is 11.8 Å². The van der Waals surface area contributed by atoms with Gasteiger partial charge in [0.25, 0.3) is 5.91 Å². The molecule has 2 aromatic rings. The lowest BCUT2D eigenvalue weighted by molar-refractivity contribution is -0.139. The van der Waals surface area contributed by atoms with E-state index in [9.17, 15) is 14.4 Å². The average molecular weight is 389 g/mol. The van der Waals surface area contributed by atoms with Crippen LogP contribution in [0.25, 0.3) is 0 Å². The van der Waals surface area contributed by atoms with E-state index < -0.39 is 17.7 Å². The third kappa shape index (κ3) is 7.17. The van der Waals surface area contributed by atoms with E-state index in [4.69, 9.17) is 22.1 Å². The molecule has 4 N–H and O–H groups in total. The van der Waals surface area contributed by atoms with Gasteiger partial charge in [-0.25, -0.2) is 5.43 Å². The fourth-order valence-corrected chi connectivity index (χ4v) is 2.05. The quantitative estimate of drug-likeness (QED) is 0.371. The summed E-state index contributed by atoms with van der Waals surface area (Å²) in [5, 5.41) is 6.77. The van der Waals surface area contributed by atoms with Crippen LogP contribution in [0, 0.1) is 0 Å². The maximum absolute atomic E-state index is 11.7. The summed E-state index contributed by atoms with van der Waals surface area (Å²) < 4.78 is 5.16. The number of rotatable bonds is 7. The van der Waals surface area contributed by atoms with Crippen LogP contribution in [0.2, 0.25) is 5.02 Å². The molecule has 0 unspecified atom stereocenters. The van der Waals surface area contributed by atoms with E-state index in [1.165, 1.54) is 6.21 Å². The third-order valence-electron chi connectivity index (χ3n) is 3.19. The Balaban J connectivity index is 1.81. The Kier molecular flexibility index (Phi) is 7.33. The molecule has 0 bridgehead atoms. The van der Waals surface area contributed by atoms with E-state index in [1.807, 2.05) is 0 Å². The number of hydrogen-bond acceptors (Lipinski definition) is 5. The van der Waals surface area contributed by atoms with Crippen molar-refractivity contribution < 1.29 is 19.1 Å². The van der Waals surface area contributed by atoms with Crippen LogP contribution < -0.4 is 21.2 Å². The molecule has 8 nitrogen and oxygen atoms in total. The molecule has 3 amide bonds. The molecule has 0 spiro atoms. The molecule has 0 aromatic heterocycles. The van der Waals surface area contributed by atoms with Crippen molar-refractivity contribution in [3.8, 4) is 5.75 Å². The summed E-state index contributed by atoms with van der Waals surface area (Å²) in [6.45, 7) is -0.0580. The zero-order valence-electron chi connectivity index (χ0n) is 14.1. The molecule has 0 aliphatic carbocycles. The lowest BCUT2D eigenvalue weighted by atomic mass is 10.2. The smallest absolute Gasteiger partial charge is 0.329 e. The zero-order chi connectivity index (χ0) is 19.6. The molecule has 0 atom stereocenters. The maximum Gasteiger partial charge on any atom is 0.329 e. The highest BCUT2D eigenvalue weighted by atomic mass is 35.5. The molecule has 2 rings (SSSR count). The first kappa shape index (κ1) is 19.9. The maximum atomic E-state index is 11.7. The normalized spacial score (nSPS) is 10.4. The Bertz CT molecular complexity index is 853. The summed E-state index contributed by atoms with van der Waals surface area (Å²) in [4.78, 5) is 34.2. The first-order valence-corrected chi connectivity index (χ1v) is 8.18. The average Bonchev–Trinajstić information content (AvgIpc) is 2.66. The van der Waals surface area contributed by atoms with Gasteiger partial charge in [-0.05, 0) is 35.4 Å². The molecule has 0 radical (unpaired) electrons. The van der Waals surface area contributed by atoms with Crippen LogP contribution in [0.3, 0.4) is 0 Å². The SMILES string of the molecule is NC(=O)COc1cccc(/C=N\NC(=O)C(=O)NCc2ccc(Cl)cc2)c1. The highest BCUT2D eigenvalue weighted by molar-refractivity contribution is 6.35. The molecule has 0 aliphatic rings. The molecule has 0 fully saturated rings. The van der Waals surface area contributed by atoms with Crippen LogP contribution in [-0.2, 0) is 20.9 Å². The Morgan fingerprint density at radius 2 is 1.85 bits per heavy atom. The van der Waals surface area contributed by atoms with Crippen molar-refractivity contribution in [2.45, 2.75) is 6.54 Å². The summed E-state index contributed by atoms with van der Waals surface area (Å²) in [5.74, 6) is -1.89. The van der Waals surface area contributed by atoms with Gasteiger partial charge in [0.05, 0.1) is 6.21 Å². The van der Waals surface area contributed by atoms with Gasteiger partial charge in [-0.2, -0.15) is 5.10 Å². The number of halogens is 1. The first-order valence-electron chi connectivity index (χ1n) is 7.81. The predicted molar refractivity (Wildman–Crippen MR) is 100 cm³/mol. The number of primary amides is 1. The summed E-state index contributed by atoms with van der Waals surface area (Å²) in [6, 6.07) is 13.5. The number of hydrazone groups is 1. The molecule has 0 saturated carbocycles. The predicted octanol–water partition coefficient (Wildman–Crippen LogP) is 0.971. The van der Waals surface area contributed by atoms with Crippen LogP contribution in [0.5, 0.6) is 5.75 Å². The summed E-state index contributed by atoms with van der Waals surface area (Å²) in [5.41, 5.74) is 8.53. The topological polar surface area (TPSA) is 123 Å². The van der Waals surface area contributed by atoms with E-state index in [0.717, 1.165) is 5.56 Å². The van der Waals surface area contributed by atoms with E-state index >= 15 is 0 Å². The Morgan fingerprint density at radius 1 is 1.11 bits per heavy atom. The van der Waals surface area contributed by atoms with E-state index in [2.05, 4.69) is 15.8 Å². The van der Waals surface area contributed by atoms with Crippen molar-refractivity contribution in [1.29, 1.82) is 0 Å². The second-order valence-corrected chi connectivity index (χ2v) is 5.77. The van der Waals surface area contributed by atoms with Crippen LogP contribution in [0.1, 0.15) is 11.1 Å². The van der Waals surface area contributed by atoms with Gasteiger partial charge < -0.3 is 15.8 Å². The number of nitrogens with one attached hydrogen (secondary N) is 2. The Morgan fingerprint density at radius 3 is 2.56 bits per heavy atom. The van der Waals surface area contributed by atoms with Crippen molar-refractivity contribution in [3.63, 3.8) is 0 Å². The second kappa shape index (κ2) is 9.93. The Hall–Kier alpha value is -3.39. The summed E-state index contributed by atoms with van der Waals surface area (Å²) >= 11 is 5.78. The van der Waals surface area contributed by atoms with Gasteiger partial charge in [0.15, 0.2) is 6.61 Å². The van der Waals surface area contributed by atoms with Gasteiger partial charge in [-0.3, -0.25) is 14.4 Å². The monoisotopic (exact) mass is 388 g/mol. The summed E-state index contributed by atoms with van der Waals surface area (Å²) in [6.07, 6.45) is 1.33. The number of amides is 3. The second-order valence-electron chi connectivity index (χ2n) is 5.34. The van der Waals surface area contributed by atoms with Crippen LogP contribution in [0.15, 0.2) is 53.6 Å². The van der Waals surface area contributed by atoms with Gasteiger partial charge in [0.1, 0.15) is 5.75 Å². The van der Waals surface area contributed by atoms with E-state index in [1.54, 1.807) is 48.5 Å². The van der Waals surface area contributed by atoms with Crippen molar-refractivity contribution in [2.24, 2.45) is 10.8 Å². The fourth-order valence-electron chi connectivity index (χ4n) is 1.92. The molecule has 0 saturated heterocycles. The number of carbonyl (C=O) groups is 3. The molecule has 9 heteroatoms. The molecule has 2 aromatic carbocycles. The van der Waals surface area contributed by atoms with Crippen molar-refractivity contribution in [2.75, 3.05) is 6.61 Å².